The van der Waals surface area contributed by atoms with Crippen LogP contribution in [0.3, 0.4) is 0 Å². The predicted octanol–water partition coefficient (Wildman–Crippen LogP) is 5.32. The lowest BCUT2D eigenvalue weighted by atomic mass is 9.99. The van der Waals surface area contributed by atoms with Gasteiger partial charge in [0.05, 0.1) is 6.42 Å². The zero-order valence-electron chi connectivity index (χ0n) is 21.0. The first-order chi connectivity index (χ1) is 16.2. The fourth-order valence-electron chi connectivity index (χ4n) is 4.08. The molecule has 0 spiro atoms. The number of carbonyl (C=O) groups is 2. The summed E-state index contributed by atoms with van der Waals surface area (Å²) in [6.45, 7) is 10.4. The first-order valence-corrected chi connectivity index (χ1v) is 12.0. The van der Waals surface area contributed by atoms with Crippen molar-refractivity contribution >= 4 is 11.8 Å². The molecule has 3 aromatic rings. The molecule has 0 aliphatic heterocycles. The summed E-state index contributed by atoms with van der Waals surface area (Å²) >= 11 is 0. The van der Waals surface area contributed by atoms with Gasteiger partial charge in [0.2, 0.25) is 11.8 Å². The molecule has 0 fully saturated rings. The molecule has 178 valence electrons. The second-order valence-electron chi connectivity index (χ2n) is 9.48. The van der Waals surface area contributed by atoms with Crippen LogP contribution in [0.2, 0.25) is 0 Å². The van der Waals surface area contributed by atoms with E-state index in [0.29, 0.717) is 13.0 Å². The van der Waals surface area contributed by atoms with Crippen LogP contribution >= 0.6 is 0 Å². The standard InChI is InChI=1S/C30H36N2O2/c1-21(2)31-30(34)28(18-25-9-7-6-8-10-25)32(20-26-15-12-22(3)13-16-26)29(33)19-27-17-23(4)11-14-24(27)5/h6-17,21,28H,18-20H2,1-5H3,(H,31,34)/t28-/m0/s1. The average molecular weight is 457 g/mol. The van der Waals surface area contributed by atoms with E-state index in [9.17, 15) is 9.59 Å². The molecule has 0 heterocycles. The Kier molecular flexibility index (Phi) is 8.64. The lowest BCUT2D eigenvalue weighted by Crippen LogP contribution is -2.52. The summed E-state index contributed by atoms with van der Waals surface area (Å²) in [6, 6.07) is 23.6. The largest absolute Gasteiger partial charge is 0.352 e. The molecule has 0 saturated heterocycles. The molecular weight excluding hydrogens is 420 g/mol. The van der Waals surface area contributed by atoms with Crippen molar-refractivity contribution in [3.05, 3.63) is 106 Å². The van der Waals surface area contributed by atoms with E-state index in [0.717, 1.165) is 33.4 Å². The minimum absolute atomic E-state index is 0.0129. The molecule has 34 heavy (non-hydrogen) atoms. The molecule has 0 aliphatic rings. The monoisotopic (exact) mass is 456 g/mol. The van der Waals surface area contributed by atoms with E-state index in [4.69, 9.17) is 0 Å². The second-order valence-corrected chi connectivity index (χ2v) is 9.48. The van der Waals surface area contributed by atoms with Crippen molar-refractivity contribution in [1.29, 1.82) is 0 Å². The van der Waals surface area contributed by atoms with E-state index in [1.54, 1.807) is 4.90 Å². The van der Waals surface area contributed by atoms with Gasteiger partial charge in [-0.3, -0.25) is 9.59 Å². The zero-order valence-corrected chi connectivity index (χ0v) is 21.0. The minimum atomic E-state index is -0.608. The van der Waals surface area contributed by atoms with Gasteiger partial charge < -0.3 is 10.2 Å². The average Bonchev–Trinajstić information content (AvgIpc) is 2.80. The van der Waals surface area contributed by atoms with E-state index in [1.165, 1.54) is 0 Å². The Balaban J connectivity index is 1.99. The van der Waals surface area contributed by atoms with Crippen molar-refractivity contribution in [2.24, 2.45) is 0 Å². The van der Waals surface area contributed by atoms with E-state index in [1.807, 2.05) is 89.2 Å². The topological polar surface area (TPSA) is 49.4 Å². The van der Waals surface area contributed by atoms with E-state index in [2.05, 4.69) is 23.5 Å². The van der Waals surface area contributed by atoms with Gasteiger partial charge in [0.15, 0.2) is 0 Å². The number of amides is 2. The van der Waals surface area contributed by atoms with E-state index in [-0.39, 0.29) is 24.3 Å². The first kappa shape index (κ1) is 25.2. The van der Waals surface area contributed by atoms with E-state index < -0.39 is 6.04 Å². The molecule has 0 aliphatic carbocycles. The van der Waals surface area contributed by atoms with Crippen LogP contribution in [-0.2, 0) is 29.0 Å². The SMILES string of the molecule is Cc1ccc(CN(C(=O)Cc2cc(C)ccc2C)[C@@H](Cc2ccccc2)C(=O)NC(C)C)cc1. The van der Waals surface area contributed by atoms with Crippen LogP contribution in [0.25, 0.3) is 0 Å². The van der Waals surface area contributed by atoms with Crippen molar-refractivity contribution in [3.63, 3.8) is 0 Å². The molecule has 0 aromatic heterocycles. The number of benzene rings is 3. The lowest BCUT2D eigenvalue weighted by molar-refractivity contribution is -0.141. The predicted molar refractivity (Wildman–Crippen MR) is 139 cm³/mol. The van der Waals surface area contributed by atoms with Crippen LogP contribution in [-0.4, -0.2) is 28.8 Å². The fraction of sp³-hybridized carbons (Fsp3) is 0.333. The number of nitrogens with one attached hydrogen (secondary N) is 1. The van der Waals surface area contributed by atoms with Gasteiger partial charge in [-0.25, -0.2) is 0 Å². The van der Waals surface area contributed by atoms with Gasteiger partial charge in [0.25, 0.3) is 0 Å². The molecule has 2 amide bonds. The molecule has 3 rings (SSSR count). The van der Waals surface area contributed by atoms with Crippen LogP contribution in [0.15, 0.2) is 72.8 Å². The van der Waals surface area contributed by atoms with Gasteiger partial charge in [0.1, 0.15) is 6.04 Å². The molecule has 0 radical (unpaired) electrons. The Morgan fingerprint density at radius 3 is 2.12 bits per heavy atom. The van der Waals surface area contributed by atoms with Crippen molar-refractivity contribution in [2.45, 2.75) is 66.1 Å². The van der Waals surface area contributed by atoms with Gasteiger partial charge in [-0.1, -0.05) is 83.9 Å². The van der Waals surface area contributed by atoms with Crippen LogP contribution in [0, 0.1) is 20.8 Å². The summed E-state index contributed by atoms with van der Waals surface area (Å²) in [5.74, 6) is -0.172. The number of carbonyl (C=O) groups excluding carboxylic acids is 2. The Morgan fingerprint density at radius 1 is 0.824 bits per heavy atom. The zero-order chi connectivity index (χ0) is 24.7. The van der Waals surface area contributed by atoms with Crippen molar-refractivity contribution in [1.82, 2.24) is 10.2 Å². The number of nitrogens with zero attached hydrogens (tertiary/aromatic N) is 1. The lowest BCUT2D eigenvalue weighted by Gasteiger charge is -2.32. The Labute approximate surface area is 204 Å². The van der Waals surface area contributed by atoms with Crippen molar-refractivity contribution < 1.29 is 9.59 Å². The third-order valence-corrected chi connectivity index (χ3v) is 6.02. The molecule has 4 heteroatoms. The maximum absolute atomic E-state index is 13.8. The molecule has 0 unspecified atom stereocenters. The minimum Gasteiger partial charge on any atom is -0.352 e. The summed E-state index contributed by atoms with van der Waals surface area (Å²) in [5, 5.41) is 3.04. The first-order valence-electron chi connectivity index (χ1n) is 12.0. The maximum Gasteiger partial charge on any atom is 0.243 e. The van der Waals surface area contributed by atoms with Crippen LogP contribution in [0.1, 0.15) is 47.2 Å². The molecule has 1 atom stereocenters. The highest BCUT2D eigenvalue weighted by molar-refractivity contribution is 5.89. The van der Waals surface area contributed by atoms with Crippen molar-refractivity contribution in [2.75, 3.05) is 0 Å². The van der Waals surface area contributed by atoms with Gasteiger partial charge >= 0.3 is 0 Å². The van der Waals surface area contributed by atoms with Crippen LogP contribution in [0.5, 0.6) is 0 Å². The Hall–Kier alpha value is -3.40. The summed E-state index contributed by atoms with van der Waals surface area (Å²) in [7, 11) is 0. The number of rotatable bonds is 9. The molecule has 4 nitrogen and oxygen atoms in total. The highest BCUT2D eigenvalue weighted by atomic mass is 16.2. The maximum atomic E-state index is 13.8. The summed E-state index contributed by atoms with van der Waals surface area (Å²) < 4.78 is 0. The smallest absolute Gasteiger partial charge is 0.243 e. The number of hydrogen-bond acceptors (Lipinski definition) is 2. The van der Waals surface area contributed by atoms with Crippen LogP contribution in [0.4, 0.5) is 0 Å². The number of hydrogen-bond donors (Lipinski definition) is 1. The number of aryl methyl sites for hydroxylation is 3. The van der Waals surface area contributed by atoms with Gasteiger partial charge in [-0.2, -0.15) is 0 Å². The van der Waals surface area contributed by atoms with Crippen LogP contribution < -0.4 is 5.32 Å². The molecule has 3 aromatic carbocycles. The van der Waals surface area contributed by atoms with Gasteiger partial charge in [0, 0.05) is 19.0 Å². The highest BCUT2D eigenvalue weighted by Crippen LogP contribution is 2.19. The molecule has 0 bridgehead atoms. The van der Waals surface area contributed by atoms with Gasteiger partial charge in [-0.15, -0.1) is 0 Å². The van der Waals surface area contributed by atoms with E-state index >= 15 is 0 Å². The molecular formula is C30H36N2O2. The quantitative estimate of drug-likeness (QED) is 0.474. The third-order valence-electron chi connectivity index (χ3n) is 6.02. The Morgan fingerprint density at radius 2 is 1.47 bits per heavy atom. The summed E-state index contributed by atoms with van der Waals surface area (Å²) in [6.07, 6.45) is 0.726. The Bertz CT molecular complexity index is 1100. The summed E-state index contributed by atoms with van der Waals surface area (Å²) in [5.41, 5.74) is 6.41. The van der Waals surface area contributed by atoms with Crippen molar-refractivity contribution in [3.8, 4) is 0 Å². The van der Waals surface area contributed by atoms with Gasteiger partial charge in [-0.05, 0) is 56.9 Å². The normalized spacial score (nSPS) is 11.8. The summed E-state index contributed by atoms with van der Waals surface area (Å²) in [4.78, 5) is 29.0. The molecule has 0 saturated carbocycles. The highest BCUT2D eigenvalue weighted by Gasteiger charge is 2.31. The molecule has 1 N–H and O–H groups in total. The fourth-order valence-corrected chi connectivity index (χ4v) is 4.08. The second kappa shape index (κ2) is 11.6. The third kappa shape index (κ3) is 7.05.